The van der Waals surface area contributed by atoms with Gasteiger partial charge in [0.25, 0.3) is 0 Å². The number of methoxy groups -OCH3 is 1. The molecule has 0 saturated carbocycles. The molecule has 1 nitrogen and oxygen atoms in total. The third-order valence-corrected chi connectivity index (χ3v) is 4.06. The molecular weight excluding hydrogens is 251 g/mol. The van der Waals surface area contributed by atoms with Crippen molar-refractivity contribution in [2.75, 3.05) is 13.7 Å². The molecule has 0 N–H and O–H groups in total. The summed E-state index contributed by atoms with van der Waals surface area (Å²) in [4.78, 5) is 0. The molecule has 82 valence electrons. The zero-order valence-corrected chi connectivity index (χ0v) is 11.1. The predicted octanol–water partition coefficient (Wildman–Crippen LogP) is 2.90. The van der Waals surface area contributed by atoms with Gasteiger partial charge in [-0.1, -0.05) is 0 Å². The minimum atomic E-state index is 0.619. The Morgan fingerprint density at radius 1 is 1.33 bits per heavy atom. The van der Waals surface area contributed by atoms with Gasteiger partial charge in [-0.3, -0.25) is 0 Å². The molecule has 0 atom stereocenters. The normalized spacial score (nSPS) is 11.7. The van der Waals surface area contributed by atoms with E-state index in [1.165, 1.54) is 15.4 Å². The van der Waals surface area contributed by atoms with E-state index in [-0.39, 0.29) is 0 Å². The molecule has 0 radical (unpaired) electrons. The van der Waals surface area contributed by atoms with E-state index in [1.807, 2.05) is 0 Å². The molecular formula is C13H18OSe. The molecule has 2 heteroatoms. The molecule has 0 aliphatic rings. The van der Waals surface area contributed by atoms with Crippen molar-refractivity contribution in [3.63, 3.8) is 0 Å². The van der Waals surface area contributed by atoms with E-state index in [9.17, 15) is 0 Å². The van der Waals surface area contributed by atoms with Crippen molar-refractivity contribution in [2.45, 2.75) is 18.7 Å². The molecule has 0 bridgehead atoms. The maximum absolute atomic E-state index is 5.09. The summed E-state index contributed by atoms with van der Waals surface area (Å²) in [6.45, 7) is 2.98. The molecule has 0 unspecified atom stereocenters. The van der Waals surface area contributed by atoms with Crippen LogP contribution in [0.25, 0.3) is 0 Å². The number of hydrogen-bond donors (Lipinski definition) is 0. The van der Waals surface area contributed by atoms with Gasteiger partial charge in [-0.2, -0.15) is 0 Å². The number of hydrogen-bond acceptors (Lipinski definition) is 1. The molecule has 0 amide bonds. The van der Waals surface area contributed by atoms with Gasteiger partial charge in [0.1, 0.15) is 0 Å². The van der Waals surface area contributed by atoms with Gasteiger partial charge < -0.3 is 0 Å². The summed E-state index contributed by atoms with van der Waals surface area (Å²) in [6.07, 6.45) is 3.31. The Bertz CT molecular complexity index is 293. The van der Waals surface area contributed by atoms with Crippen LogP contribution >= 0.6 is 0 Å². The molecule has 0 fully saturated rings. The summed E-state index contributed by atoms with van der Waals surface area (Å²) in [7, 11) is 1.75. The Balaban J connectivity index is 2.58. The second kappa shape index (κ2) is 7.70. The monoisotopic (exact) mass is 270 g/mol. The van der Waals surface area contributed by atoms with E-state index in [0.29, 0.717) is 15.0 Å². The number of ether oxygens (including phenoxy) is 1. The zero-order valence-electron chi connectivity index (χ0n) is 9.40. The molecule has 0 aliphatic heterocycles. The van der Waals surface area contributed by atoms with Crippen LogP contribution in [0.5, 0.6) is 0 Å². The van der Waals surface area contributed by atoms with Crippen LogP contribution in [-0.2, 0) is 11.2 Å². The van der Waals surface area contributed by atoms with E-state index >= 15 is 0 Å². The molecule has 0 heterocycles. The van der Waals surface area contributed by atoms with Crippen LogP contribution in [0, 0.1) is 0 Å². The summed E-state index contributed by atoms with van der Waals surface area (Å²) in [5, 5.41) is 1.26. The van der Waals surface area contributed by atoms with Crippen molar-refractivity contribution in [3.05, 3.63) is 46.4 Å². The molecule has 0 saturated heterocycles. The first-order chi connectivity index (χ1) is 7.36. The van der Waals surface area contributed by atoms with E-state index in [4.69, 9.17) is 4.74 Å². The molecule has 0 spiro atoms. The zero-order chi connectivity index (χ0) is 10.9. The summed E-state index contributed by atoms with van der Waals surface area (Å²) in [5.41, 5.74) is 1.40. The van der Waals surface area contributed by atoms with Gasteiger partial charge >= 0.3 is 98.5 Å². The van der Waals surface area contributed by atoms with Crippen molar-refractivity contribution in [1.82, 2.24) is 0 Å². The summed E-state index contributed by atoms with van der Waals surface area (Å²) < 4.78 is 6.63. The summed E-state index contributed by atoms with van der Waals surface area (Å²) in [6, 6.07) is 10.6. The van der Waals surface area contributed by atoms with Crippen LogP contribution in [0.3, 0.4) is 0 Å². The third kappa shape index (κ3) is 5.17. The summed E-state index contributed by atoms with van der Waals surface area (Å²) in [5.74, 6) is 0. The van der Waals surface area contributed by atoms with E-state index in [2.05, 4.69) is 43.3 Å². The number of rotatable bonds is 6. The Morgan fingerprint density at radius 3 is 2.67 bits per heavy atom. The van der Waals surface area contributed by atoms with E-state index in [0.717, 1.165) is 13.0 Å². The second-order valence-electron chi connectivity index (χ2n) is 3.22. The van der Waals surface area contributed by atoms with Crippen LogP contribution in [0.1, 0.15) is 12.5 Å². The van der Waals surface area contributed by atoms with Crippen molar-refractivity contribution in [1.29, 1.82) is 0 Å². The van der Waals surface area contributed by atoms with Crippen molar-refractivity contribution in [2.24, 2.45) is 0 Å². The fraction of sp³-hybridized carbons (Fsp3) is 0.385. The van der Waals surface area contributed by atoms with Crippen LogP contribution in [0.15, 0.2) is 40.9 Å². The third-order valence-electron chi connectivity index (χ3n) is 2.03. The first-order valence-electron chi connectivity index (χ1n) is 5.21. The van der Waals surface area contributed by atoms with Gasteiger partial charge in [0.05, 0.1) is 0 Å². The molecule has 1 rings (SSSR count). The van der Waals surface area contributed by atoms with Crippen LogP contribution in [0.2, 0.25) is 5.32 Å². The topological polar surface area (TPSA) is 9.23 Å². The molecule has 1 aromatic rings. The second-order valence-corrected chi connectivity index (χ2v) is 6.14. The van der Waals surface area contributed by atoms with Gasteiger partial charge in [-0.15, -0.1) is 0 Å². The fourth-order valence-electron chi connectivity index (χ4n) is 1.34. The first kappa shape index (κ1) is 12.5. The van der Waals surface area contributed by atoms with Crippen molar-refractivity contribution < 1.29 is 4.74 Å². The van der Waals surface area contributed by atoms with E-state index < -0.39 is 0 Å². The minimum absolute atomic E-state index is 0.619. The van der Waals surface area contributed by atoms with Gasteiger partial charge in [0, 0.05) is 0 Å². The molecule has 1 aromatic carbocycles. The SMILES string of the molecule is CC[Se]/C(=C/COC)Cc1ccccc1. The Morgan fingerprint density at radius 2 is 2.07 bits per heavy atom. The molecule has 0 aromatic heterocycles. The van der Waals surface area contributed by atoms with Gasteiger partial charge in [-0.25, -0.2) is 0 Å². The Kier molecular flexibility index (Phi) is 6.42. The summed E-state index contributed by atoms with van der Waals surface area (Å²) >= 11 is 0.619. The van der Waals surface area contributed by atoms with Crippen LogP contribution in [0.4, 0.5) is 0 Å². The number of allylic oxidation sites excluding steroid dienone is 1. The van der Waals surface area contributed by atoms with Crippen molar-refractivity contribution >= 4 is 15.0 Å². The van der Waals surface area contributed by atoms with E-state index in [1.54, 1.807) is 7.11 Å². The standard InChI is InChI=1S/C13H18OSe/c1-3-15-13(9-10-14-2)11-12-7-5-4-6-8-12/h4-9H,3,10-11H2,1-2H3/b13-9+. The fourth-order valence-corrected chi connectivity index (χ4v) is 3.07. The first-order valence-corrected chi connectivity index (χ1v) is 7.28. The molecule has 15 heavy (non-hydrogen) atoms. The molecule has 0 aliphatic carbocycles. The van der Waals surface area contributed by atoms with Gasteiger partial charge in [-0.05, 0) is 0 Å². The number of benzene rings is 1. The average molecular weight is 269 g/mol. The predicted molar refractivity (Wildman–Crippen MR) is 66.3 cm³/mol. The van der Waals surface area contributed by atoms with Crippen molar-refractivity contribution in [3.8, 4) is 0 Å². The van der Waals surface area contributed by atoms with Crippen LogP contribution in [-0.4, -0.2) is 28.7 Å². The quantitative estimate of drug-likeness (QED) is 0.721. The Hall–Kier alpha value is -0.561. The van der Waals surface area contributed by atoms with Gasteiger partial charge in [0.2, 0.25) is 0 Å². The maximum atomic E-state index is 5.09. The van der Waals surface area contributed by atoms with Crippen LogP contribution < -0.4 is 0 Å². The Labute approximate surface area is 98.7 Å². The average Bonchev–Trinajstić information content (AvgIpc) is 2.28. The van der Waals surface area contributed by atoms with Gasteiger partial charge in [0.15, 0.2) is 0 Å².